The number of carbonyl (C=O) groups is 4. The van der Waals surface area contributed by atoms with E-state index in [1.165, 1.54) is 21.0 Å². The van der Waals surface area contributed by atoms with Crippen LogP contribution in [0.1, 0.15) is 27.7 Å². The van der Waals surface area contributed by atoms with E-state index in [-0.39, 0.29) is 17.9 Å². The Labute approximate surface area is 150 Å². The minimum absolute atomic E-state index is 0.151. The summed E-state index contributed by atoms with van der Waals surface area (Å²) in [7, 11) is 2.36. The molecule has 1 aliphatic heterocycles. The lowest BCUT2D eigenvalue weighted by atomic mass is 9.94. The van der Waals surface area contributed by atoms with Crippen molar-refractivity contribution in [3.63, 3.8) is 0 Å². The first-order chi connectivity index (χ1) is 12.0. The fourth-order valence-corrected chi connectivity index (χ4v) is 1.96. The Morgan fingerprint density at radius 1 is 1.00 bits per heavy atom. The van der Waals surface area contributed by atoms with Gasteiger partial charge in [-0.3, -0.25) is 4.79 Å². The van der Waals surface area contributed by atoms with Gasteiger partial charge < -0.3 is 18.9 Å². The summed E-state index contributed by atoms with van der Waals surface area (Å²) in [6.45, 7) is 5.25. The van der Waals surface area contributed by atoms with Crippen LogP contribution in [0.4, 0.5) is 0 Å². The smallest absolute Gasteiger partial charge is 0.359 e. The van der Waals surface area contributed by atoms with Gasteiger partial charge in [-0.15, -0.1) is 5.11 Å². The molecule has 144 valence electrons. The van der Waals surface area contributed by atoms with Gasteiger partial charge in [-0.25, -0.2) is 14.4 Å². The first kappa shape index (κ1) is 21.3. The number of esters is 4. The van der Waals surface area contributed by atoms with Crippen molar-refractivity contribution in [3.05, 3.63) is 11.3 Å². The quantitative estimate of drug-likeness (QED) is 0.478. The molecule has 0 aromatic rings. The minimum atomic E-state index is -1.14. The lowest BCUT2D eigenvalue weighted by Crippen LogP contribution is -2.33. The second kappa shape index (κ2) is 8.07. The molecule has 0 atom stereocenters. The number of carbonyl (C=O) groups excluding carboxylic acids is 4. The summed E-state index contributed by atoms with van der Waals surface area (Å²) >= 11 is 0. The maximum Gasteiger partial charge on any atom is 0.359 e. The summed E-state index contributed by atoms with van der Waals surface area (Å²) in [5.41, 5.74) is -2.71. The zero-order chi connectivity index (χ0) is 20.1. The van der Waals surface area contributed by atoms with Crippen molar-refractivity contribution in [2.24, 2.45) is 15.6 Å². The summed E-state index contributed by atoms with van der Waals surface area (Å²) in [5.74, 6) is -3.20. The average molecular weight is 370 g/mol. The van der Waals surface area contributed by atoms with Gasteiger partial charge in [0.05, 0.1) is 19.6 Å². The molecule has 0 N–H and O–H groups in total. The van der Waals surface area contributed by atoms with Crippen molar-refractivity contribution in [2.75, 3.05) is 27.4 Å². The van der Waals surface area contributed by atoms with Crippen LogP contribution in [0.25, 0.3) is 0 Å². The number of methoxy groups -OCH3 is 2. The molecule has 0 saturated carbocycles. The number of ether oxygens (including phenoxy) is 4. The van der Waals surface area contributed by atoms with Crippen molar-refractivity contribution in [3.8, 4) is 0 Å². The van der Waals surface area contributed by atoms with Crippen molar-refractivity contribution in [2.45, 2.75) is 33.2 Å². The molecular formula is C16H22N2O8. The van der Waals surface area contributed by atoms with Crippen molar-refractivity contribution >= 4 is 23.9 Å². The van der Waals surface area contributed by atoms with Crippen LogP contribution in [0.15, 0.2) is 21.5 Å². The number of nitrogens with zero attached hydrogens (tertiary/aromatic N) is 2. The lowest BCUT2D eigenvalue weighted by Gasteiger charge is -2.21. The Balaban J connectivity index is 2.96. The molecule has 10 heteroatoms. The summed E-state index contributed by atoms with van der Waals surface area (Å²) in [4.78, 5) is 47.3. The van der Waals surface area contributed by atoms with E-state index < -0.39 is 41.4 Å². The highest BCUT2D eigenvalue weighted by Gasteiger charge is 2.41. The van der Waals surface area contributed by atoms with Crippen LogP contribution >= 0.6 is 0 Å². The molecule has 26 heavy (non-hydrogen) atoms. The zero-order valence-corrected chi connectivity index (χ0v) is 15.6. The normalized spacial score (nSPS) is 15.5. The van der Waals surface area contributed by atoms with Crippen molar-refractivity contribution < 1.29 is 38.1 Å². The molecule has 0 amide bonds. The van der Waals surface area contributed by atoms with Gasteiger partial charge in [0.15, 0.2) is 12.3 Å². The molecule has 0 fully saturated rings. The number of azo groups is 1. The van der Waals surface area contributed by atoms with Gasteiger partial charge >= 0.3 is 23.9 Å². The van der Waals surface area contributed by atoms with Crippen LogP contribution in [0.5, 0.6) is 0 Å². The van der Waals surface area contributed by atoms with E-state index >= 15 is 0 Å². The average Bonchev–Trinajstić information content (AvgIpc) is 2.91. The van der Waals surface area contributed by atoms with Gasteiger partial charge in [0.25, 0.3) is 0 Å². The second-order valence-electron chi connectivity index (χ2n) is 6.59. The Hall–Kier alpha value is -2.78. The molecule has 0 aromatic heterocycles. The lowest BCUT2D eigenvalue weighted by molar-refractivity contribution is -0.158. The largest absolute Gasteiger partial charge is 0.469 e. The van der Waals surface area contributed by atoms with Crippen LogP contribution < -0.4 is 0 Å². The molecule has 0 radical (unpaired) electrons. The Bertz CT molecular complexity index is 676. The molecule has 0 aliphatic carbocycles. The molecule has 0 aromatic carbocycles. The number of rotatable bonds is 7. The highest BCUT2D eigenvalue weighted by atomic mass is 16.6. The molecule has 0 bridgehead atoms. The van der Waals surface area contributed by atoms with Gasteiger partial charge in [0.1, 0.15) is 17.7 Å². The molecule has 1 aliphatic rings. The van der Waals surface area contributed by atoms with E-state index in [0.717, 1.165) is 7.11 Å². The van der Waals surface area contributed by atoms with E-state index in [0.29, 0.717) is 0 Å². The monoisotopic (exact) mass is 370 g/mol. The Kier molecular flexibility index (Phi) is 6.60. The summed E-state index contributed by atoms with van der Waals surface area (Å²) in [6.07, 6.45) is 0. The van der Waals surface area contributed by atoms with Crippen LogP contribution in [-0.4, -0.2) is 56.8 Å². The fraction of sp³-hybridized carbons (Fsp3) is 0.625. The zero-order valence-electron chi connectivity index (χ0n) is 15.6. The van der Waals surface area contributed by atoms with E-state index in [9.17, 15) is 19.2 Å². The third-order valence-corrected chi connectivity index (χ3v) is 3.50. The fourth-order valence-electron chi connectivity index (χ4n) is 1.96. The molecule has 0 spiro atoms. The third-order valence-electron chi connectivity index (χ3n) is 3.50. The predicted octanol–water partition coefficient (Wildman–Crippen LogP) is 0.943. The SMILES string of the molecule is COC(=O)COC(=O)C1=C(C(=O)OCC(C)(C)C(=O)OC)N=NC1(C)C. The minimum Gasteiger partial charge on any atom is -0.469 e. The van der Waals surface area contributed by atoms with Crippen molar-refractivity contribution in [1.82, 2.24) is 0 Å². The molecule has 10 nitrogen and oxygen atoms in total. The molecule has 0 unspecified atom stereocenters. The molecule has 1 heterocycles. The maximum absolute atomic E-state index is 12.3. The van der Waals surface area contributed by atoms with Crippen LogP contribution in [0.3, 0.4) is 0 Å². The Morgan fingerprint density at radius 2 is 1.62 bits per heavy atom. The standard InChI is InChI=1S/C16H22N2O8/c1-15(2,14(22)24-6)8-26-13(21)11-10(16(3,4)18-17-11)12(20)25-7-9(19)23-5/h7-8H2,1-6H3. The van der Waals surface area contributed by atoms with Crippen LogP contribution in [-0.2, 0) is 38.1 Å². The van der Waals surface area contributed by atoms with Gasteiger partial charge in [0, 0.05) is 0 Å². The molecular weight excluding hydrogens is 348 g/mol. The summed E-state index contributed by atoms with van der Waals surface area (Å²) < 4.78 is 18.9. The Morgan fingerprint density at radius 3 is 2.15 bits per heavy atom. The van der Waals surface area contributed by atoms with E-state index in [4.69, 9.17) is 9.47 Å². The van der Waals surface area contributed by atoms with Gasteiger partial charge in [-0.1, -0.05) is 0 Å². The number of hydrogen-bond donors (Lipinski definition) is 0. The first-order valence-corrected chi connectivity index (χ1v) is 7.63. The molecule has 0 saturated heterocycles. The van der Waals surface area contributed by atoms with Gasteiger partial charge in [-0.2, -0.15) is 5.11 Å². The van der Waals surface area contributed by atoms with Crippen molar-refractivity contribution in [1.29, 1.82) is 0 Å². The highest BCUT2D eigenvalue weighted by Crippen LogP contribution is 2.33. The van der Waals surface area contributed by atoms with Gasteiger partial charge in [-0.05, 0) is 27.7 Å². The van der Waals surface area contributed by atoms with E-state index in [1.54, 1.807) is 13.8 Å². The summed E-state index contributed by atoms with van der Waals surface area (Å²) in [6, 6.07) is 0. The van der Waals surface area contributed by atoms with Crippen LogP contribution in [0.2, 0.25) is 0 Å². The van der Waals surface area contributed by atoms with E-state index in [1.807, 2.05) is 0 Å². The van der Waals surface area contributed by atoms with Gasteiger partial charge in [0.2, 0.25) is 0 Å². The second-order valence-corrected chi connectivity index (χ2v) is 6.59. The predicted molar refractivity (Wildman–Crippen MR) is 85.7 cm³/mol. The topological polar surface area (TPSA) is 130 Å². The third kappa shape index (κ3) is 4.87. The molecule has 1 rings (SSSR count). The van der Waals surface area contributed by atoms with Crippen LogP contribution in [0, 0.1) is 5.41 Å². The number of hydrogen-bond acceptors (Lipinski definition) is 10. The van der Waals surface area contributed by atoms with E-state index in [2.05, 4.69) is 19.7 Å². The highest BCUT2D eigenvalue weighted by molar-refractivity contribution is 6.02. The summed E-state index contributed by atoms with van der Waals surface area (Å²) in [5, 5.41) is 7.56. The maximum atomic E-state index is 12.3. The first-order valence-electron chi connectivity index (χ1n) is 7.63.